The molecule has 2 nitrogen and oxygen atoms in total. The number of halogens is 1. The Bertz CT molecular complexity index is 333. The van der Waals surface area contributed by atoms with Gasteiger partial charge in [-0.15, -0.1) is 0 Å². The van der Waals surface area contributed by atoms with E-state index in [0.717, 1.165) is 12.1 Å². The van der Waals surface area contributed by atoms with Crippen LogP contribution in [0.4, 0.5) is 0 Å². The minimum Gasteiger partial charge on any atom is -1.00 e. The second-order valence-electron chi connectivity index (χ2n) is 3.92. The van der Waals surface area contributed by atoms with Gasteiger partial charge >= 0.3 is 0 Å². The number of ketones is 1. The van der Waals surface area contributed by atoms with Crippen molar-refractivity contribution in [2.24, 2.45) is 0 Å². The Balaban J connectivity index is 0.00000225. The highest BCUT2D eigenvalue weighted by Crippen LogP contribution is 2.01. The van der Waals surface area contributed by atoms with E-state index in [4.69, 9.17) is 0 Å². The first kappa shape index (κ1) is 14.9. The molecule has 0 atom stereocenters. The van der Waals surface area contributed by atoms with Crippen molar-refractivity contribution >= 4 is 11.9 Å². The van der Waals surface area contributed by atoms with Crippen LogP contribution in [0.15, 0.2) is 36.4 Å². The van der Waals surface area contributed by atoms with E-state index in [1.165, 1.54) is 4.90 Å². The summed E-state index contributed by atoms with van der Waals surface area (Å²) in [6.07, 6.45) is 4.15. The highest BCUT2D eigenvalue weighted by Gasteiger charge is 1.99. The van der Waals surface area contributed by atoms with Gasteiger partial charge in [0.25, 0.3) is 0 Å². The standard InChI is InChI=1S/C13H17NO.ClH/c1-14(2)11-10-13(15)9-8-12-6-4-3-5-7-12;/h3-9H,10-11H2,1-2H3;1H/b9-8+;. The summed E-state index contributed by atoms with van der Waals surface area (Å²) >= 11 is 0. The molecule has 0 saturated heterocycles. The van der Waals surface area contributed by atoms with E-state index in [-0.39, 0.29) is 18.2 Å². The number of hydrogen-bond acceptors (Lipinski definition) is 1. The molecule has 1 N–H and O–H groups in total. The normalized spacial score (nSPS) is 10.4. The number of carbonyl (C=O) groups excluding carboxylic acids is 1. The SMILES string of the molecule is C[NH+](C)CCC(=O)/C=C/c1ccccc1.[Cl-]. The number of benzene rings is 1. The Hall–Kier alpha value is -1.12. The van der Waals surface area contributed by atoms with Crippen molar-refractivity contribution in [2.45, 2.75) is 6.42 Å². The fourth-order valence-corrected chi connectivity index (χ4v) is 1.21. The molecule has 0 saturated carbocycles. The van der Waals surface area contributed by atoms with Crippen LogP contribution in [0, 0.1) is 0 Å². The minimum atomic E-state index is 0. The van der Waals surface area contributed by atoms with Crippen LogP contribution >= 0.6 is 0 Å². The van der Waals surface area contributed by atoms with Crippen molar-refractivity contribution in [1.29, 1.82) is 0 Å². The highest BCUT2D eigenvalue weighted by molar-refractivity contribution is 5.93. The van der Waals surface area contributed by atoms with Crippen molar-refractivity contribution < 1.29 is 22.1 Å². The summed E-state index contributed by atoms with van der Waals surface area (Å²) in [5, 5.41) is 0. The first-order valence-corrected chi connectivity index (χ1v) is 5.23. The zero-order chi connectivity index (χ0) is 11.1. The Morgan fingerprint density at radius 2 is 1.88 bits per heavy atom. The van der Waals surface area contributed by atoms with Gasteiger partial charge in [-0.25, -0.2) is 0 Å². The van der Waals surface area contributed by atoms with Gasteiger partial charge in [0, 0.05) is 0 Å². The molecule has 0 aliphatic carbocycles. The summed E-state index contributed by atoms with van der Waals surface area (Å²) in [5.41, 5.74) is 1.07. The Morgan fingerprint density at radius 1 is 1.25 bits per heavy atom. The van der Waals surface area contributed by atoms with Crippen LogP contribution in [0.3, 0.4) is 0 Å². The minimum absolute atomic E-state index is 0. The molecule has 1 aromatic rings. The average Bonchev–Trinajstić information content (AvgIpc) is 2.25. The first-order valence-electron chi connectivity index (χ1n) is 5.23. The molecule has 1 aromatic carbocycles. The molecule has 0 aliphatic rings. The van der Waals surface area contributed by atoms with E-state index < -0.39 is 0 Å². The van der Waals surface area contributed by atoms with E-state index in [2.05, 4.69) is 0 Å². The maximum Gasteiger partial charge on any atom is 0.161 e. The Kier molecular flexibility index (Phi) is 7.52. The van der Waals surface area contributed by atoms with Crippen molar-refractivity contribution in [1.82, 2.24) is 0 Å². The van der Waals surface area contributed by atoms with Crippen LogP contribution in [0.5, 0.6) is 0 Å². The van der Waals surface area contributed by atoms with Gasteiger partial charge in [0.1, 0.15) is 0 Å². The predicted molar refractivity (Wildman–Crippen MR) is 62.8 cm³/mol. The topological polar surface area (TPSA) is 21.5 Å². The third-order valence-corrected chi connectivity index (χ3v) is 2.13. The number of allylic oxidation sites excluding steroid dienone is 1. The number of rotatable bonds is 5. The molecule has 0 amide bonds. The lowest BCUT2D eigenvalue weighted by molar-refractivity contribution is -0.857. The van der Waals surface area contributed by atoms with Gasteiger partial charge in [-0.1, -0.05) is 36.4 Å². The lowest BCUT2D eigenvalue weighted by Gasteiger charge is -2.03. The van der Waals surface area contributed by atoms with Gasteiger partial charge in [0.2, 0.25) is 0 Å². The van der Waals surface area contributed by atoms with Crippen molar-refractivity contribution in [3.05, 3.63) is 42.0 Å². The summed E-state index contributed by atoms with van der Waals surface area (Å²) in [4.78, 5) is 12.7. The Morgan fingerprint density at radius 3 is 2.44 bits per heavy atom. The van der Waals surface area contributed by atoms with E-state index in [1.54, 1.807) is 6.08 Å². The van der Waals surface area contributed by atoms with Crippen molar-refractivity contribution in [3.8, 4) is 0 Å². The molecule has 0 spiro atoms. The molecule has 1 rings (SSSR count). The van der Waals surface area contributed by atoms with Gasteiger partial charge in [0.05, 0.1) is 27.1 Å². The third kappa shape index (κ3) is 6.38. The number of quaternary nitrogens is 1. The summed E-state index contributed by atoms with van der Waals surface area (Å²) in [6.45, 7) is 0.887. The van der Waals surface area contributed by atoms with Crippen molar-refractivity contribution in [2.75, 3.05) is 20.6 Å². The van der Waals surface area contributed by atoms with E-state index in [9.17, 15) is 4.79 Å². The third-order valence-electron chi connectivity index (χ3n) is 2.13. The molecular weight excluding hydrogens is 222 g/mol. The molecule has 3 heteroatoms. The van der Waals surface area contributed by atoms with E-state index >= 15 is 0 Å². The van der Waals surface area contributed by atoms with E-state index in [0.29, 0.717) is 6.42 Å². The molecule has 0 unspecified atom stereocenters. The molecule has 88 valence electrons. The lowest BCUT2D eigenvalue weighted by Crippen LogP contribution is -3.05. The smallest absolute Gasteiger partial charge is 0.161 e. The van der Waals surface area contributed by atoms with Gasteiger partial charge in [-0.3, -0.25) is 4.79 Å². The van der Waals surface area contributed by atoms with Crippen LogP contribution in [0.1, 0.15) is 12.0 Å². The number of carbonyl (C=O) groups is 1. The fraction of sp³-hybridized carbons (Fsp3) is 0.308. The van der Waals surface area contributed by atoms with Crippen LogP contribution in [0.2, 0.25) is 0 Å². The maximum atomic E-state index is 11.4. The average molecular weight is 240 g/mol. The maximum absolute atomic E-state index is 11.4. The monoisotopic (exact) mass is 239 g/mol. The fourth-order valence-electron chi connectivity index (χ4n) is 1.21. The highest BCUT2D eigenvalue weighted by atomic mass is 35.5. The zero-order valence-corrected chi connectivity index (χ0v) is 10.5. The second-order valence-corrected chi connectivity index (χ2v) is 3.92. The van der Waals surface area contributed by atoms with Crippen LogP contribution < -0.4 is 17.3 Å². The summed E-state index contributed by atoms with van der Waals surface area (Å²) < 4.78 is 0. The summed E-state index contributed by atoms with van der Waals surface area (Å²) in [5.74, 6) is 0.194. The predicted octanol–water partition coefficient (Wildman–Crippen LogP) is -2.19. The molecule has 0 aliphatic heterocycles. The molecule has 0 aromatic heterocycles. The largest absolute Gasteiger partial charge is 1.00 e. The van der Waals surface area contributed by atoms with Crippen LogP contribution in [0.25, 0.3) is 6.08 Å². The Labute approximate surface area is 103 Å². The zero-order valence-electron chi connectivity index (χ0n) is 9.74. The van der Waals surface area contributed by atoms with Gasteiger partial charge in [-0.2, -0.15) is 0 Å². The number of nitrogens with one attached hydrogen (secondary N) is 1. The molecule has 0 bridgehead atoms. The summed E-state index contributed by atoms with van der Waals surface area (Å²) in [7, 11) is 4.10. The van der Waals surface area contributed by atoms with Gasteiger partial charge < -0.3 is 17.3 Å². The molecule has 0 fully saturated rings. The number of hydrogen-bond donors (Lipinski definition) is 1. The first-order chi connectivity index (χ1) is 7.18. The molecule has 16 heavy (non-hydrogen) atoms. The quantitative estimate of drug-likeness (QED) is 0.580. The second kappa shape index (κ2) is 8.08. The van der Waals surface area contributed by atoms with Gasteiger partial charge in [0.15, 0.2) is 5.78 Å². The molecule has 0 radical (unpaired) electrons. The molecule has 0 heterocycles. The van der Waals surface area contributed by atoms with Gasteiger partial charge in [-0.05, 0) is 11.6 Å². The van der Waals surface area contributed by atoms with Crippen LogP contribution in [-0.4, -0.2) is 26.4 Å². The summed E-state index contributed by atoms with van der Waals surface area (Å²) in [6, 6.07) is 9.87. The lowest BCUT2D eigenvalue weighted by atomic mass is 10.2. The molecular formula is C13H18ClNO. The van der Waals surface area contributed by atoms with E-state index in [1.807, 2.05) is 50.5 Å². The van der Waals surface area contributed by atoms with Crippen LogP contribution in [-0.2, 0) is 4.79 Å². The van der Waals surface area contributed by atoms with Crippen molar-refractivity contribution in [3.63, 3.8) is 0 Å².